The Morgan fingerprint density at radius 2 is 2.05 bits per heavy atom. The number of nitrogens with one attached hydrogen (secondary N) is 2. The summed E-state index contributed by atoms with van der Waals surface area (Å²) in [6.45, 7) is 3.29. The SMILES string of the molecule is C[C@@H](NC(=O)CN1Cc2ccc(-c3nc(NC4CCOCC4)ncc3Cl)cc2C1=O)c1cccc(CO)n1. The predicted octanol–water partition coefficient (Wildman–Crippen LogP) is 3.11. The fraction of sp³-hybridized carbons (Fsp3) is 0.370. The van der Waals surface area contributed by atoms with Gasteiger partial charge in [0.05, 0.1) is 40.9 Å². The number of rotatable bonds is 8. The lowest BCUT2D eigenvalue weighted by Gasteiger charge is -2.23. The molecule has 10 nitrogen and oxygen atoms in total. The molecule has 0 unspecified atom stereocenters. The Morgan fingerprint density at radius 1 is 1.24 bits per heavy atom. The summed E-state index contributed by atoms with van der Waals surface area (Å²) < 4.78 is 5.41. The number of aliphatic hydroxyl groups is 1. The van der Waals surface area contributed by atoms with E-state index < -0.39 is 0 Å². The topological polar surface area (TPSA) is 130 Å². The Hall–Kier alpha value is -3.60. The average Bonchev–Trinajstić information content (AvgIpc) is 3.24. The lowest BCUT2D eigenvalue weighted by molar-refractivity contribution is -0.122. The molecule has 1 saturated heterocycles. The van der Waals surface area contributed by atoms with E-state index in [4.69, 9.17) is 16.3 Å². The van der Waals surface area contributed by atoms with Crippen molar-refractivity contribution in [3.63, 3.8) is 0 Å². The molecule has 11 heteroatoms. The Kier molecular flexibility index (Phi) is 7.82. The molecule has 2 aromatic heterocycles. The largest absolute Gasteiger partial charge is 0.390 e. The number of halogens is 1. The molecule has 0 aliphatic carbocycles. The highest BCUT2D eigenvalue weighted by atomic mass is 35.5. The number of aromatic nitrogens is 3. The van der Waals surface area contributed by atoms with E-state index in [2.05, 4.69) is 25.6 Å². The zero-order chi connectivity index (χ0) is 26.6. The van der Waals surface area contributed by atoms with Gasteiger partial charge in [-0.1, -0.05) is 29.8 Å². The maximum Gasteiger partial charge on any atom is 0.254 e. The van der Waals surface area contributed by atoms with Crippen LogP contribution in [0.15, 0.2) is 42.6 Å². The Bertz CT molecular complexity index is 1350. The molecule has 38 heavy (non-hydrogen) atoms. The zero-order valence-corrected chi connectivity index (χ0v) is 21.7. The average molecular weight is 537 g/mol. The second kappa shape index (κ2) is 11.4. The first-order valence-corrected chi connectivity index (χ1v) is 12.9. The lowest BCUT2D eigenvalue weighted by Crippen LogP contribution is -2.38. The van der Waals surface area contributed by atoms with Crippen LogP contribution in [0.1, 0.15) is 53.1 Å². The quantitative estimate of drug-likeness (QED) is 0.400. The number of benzene rings is 1. The number of carbonyl (C=O) groups is 2. The van der Waals surface area contributed by atoms with Gasteiger partial charge in [-0.05, 0) is 43.5 Å². The zero-order valence-electron chi connectivity index (χ0n) is 21.0. The van der Waals surface area contributed by atoms with E-state index >= 15 is 0 Å². The highest BCUT2D eigenvalue weighted by molar-refractivity contribution is 6.33. The van der Waals surface area contributed by atoms with Crippen LogP contribution in [0.25, 0.3) is 11.3 Å². The molecule has 0 spiro atoms. The van der Waals surface area contributed by atoms with Gasteiger partial charge in [0.1, 0.15) is 6.54 Å². The van der Waals surface area contributed by atoms with Gasteiger partial charge in [-0.2, -0.15) is 0 Å². The Balaban J connectivity index is 1.26. The number of hydrogen-bond acceptors (Lipinski definition) is 8. The second-order valence-corrected chi connectivity index (χ2v) is 9.86. The normalized spacial score (nSPS) is 16.3. The van der Waals surface area contributed by atoms with E-state index in [-0.39, 0.29) is 37.0 Å². The minimum atomic E-state index is -0.371. The van der Waals surface area contributed by atoms with E-state index in [0.717, 1.165) is 18.4 Å². The van der Waals surface area contributed by atoms with Gasteiger partial charge in [0.2, 0.25) is 11.9 Å². The number of hydrogen-bond donors (Lipinski definition) is 3. The van der Waals surface area contributed by atoms with E-state index in [1.165, 1.54) is 4.90 Å². The monoisotopic (exact) mass is 536 g/mol. The van der Waals surface area contributed by atoms with E-state index in [1.54, 1.807) is 30.5 Å². The van der Waals surface area contributed by atoms with Crippen molar-refractivity contribution >= 4 is 29.4 Å². The first kappa shape index (κ1) is 26.0. The third kappa shape index (κ3) is 5.77. The summed E-state index contributed by atoms with van der Waals surface area (Å²) in [6, 6.07) is 10.7. The number of amides is 2. The molecule has 3 aromatic rings. The smallest absolute Gasteiger partial charge is 0.254 e. The van der Waals surface area contributed by atoms with Crippen molar-refractivity contribution in [3.8, 4) is 11.3 Å². The number of pyridine rings is 1. The molecule has 4 heterocycles. The van der Waals surface area contributed by atoms with Crippen LogP contribution in [0.2, 0.25) is 5.02 Å². The molecule has 0 bridgehead atoms. The first-order chi connectivity index (χ1) is 18.4. The van der Waals surface area contributed by atoms with Gasteiger partial charge in [0.25, 0.3) is 5.91 Å². The molecule has 0 radical (unpaired) electrons. The molecule has 1 atom stereocenters. The van der Waals surface area contributed by atoms with Gasteiger partial charge < -0.3 is 25.4 Å². The molecule has 0 saturated carbocycles. The van der Waals surface area contributed by atoms with Crippen molar-refractivity contribution in [1.82, 2.24) is 25.2 Å². The van der Waals surface area contributed by atoms with Crippen molar-refractivity contribution in [2.24, 2.45) is 0 Å². The van der Waals surface area contributed by atoms with Gasteiger partial charge in [-0.3, -0.25) is 14.6 Å². The van der Waals surface area contributed by atoms with Crippen LogP contribution in [-0.4, -0.2) is 62.6 Å². The lowest BCUT2D eigenvalue weighted by atomic mass is 10.0. The third-order valence-electron chi connectivity index (χ3n) is 6.71. The number of aliphatic hydroxyl groups excluding tert-OH is 1. The van der Waals surface area contributed by atoms with Crippen LogP contribution in [-0.2, 0) is 22.7 Å². The van der Waals surface area contributed by atoms with Crippen LogP contribution in [0.3, 0.4) is 0 Å². The van der Waals surface area contributed by atoms with Crippen LogP contribution < -0.4 is 10.6 Å². The number of nitrogens with zero attached hydrogens (tertiary/aromatic N) is 4. The van der Waals surface area contributed by atoms with E-state index in [9.17, 15) is 14.7 Å². The number of ether oxygens (including phenoxy) is 1. The molecule has 198 valence electrons. The molecular weight excluding hydrogens is 508 g/mol. The van der Waals surface area contributed by atoms with Gasteiger partial charge in [0, 0.05) is 36.9 Å². The standard InChI is InChI=1S/C27H29ClN6O4/c1-16(23-4-2-3-20(15-35)31-23)30-24(36)14-34-13-18-6-5-17(11-21(18)26(34)37)25-22(28)12-29-27(33-25)32-19-7-9-38-10-8-19/h2-6,11-12,16,19,35H,7-10,13-15H2,1H3,(H,30,36)(H,29,32,33)/t16-/m1/s1. The number of fused-ring (bicyclic) bond motifs is 1. The number of anilines is 1. The fourth-order valence-corrected chi connectivity index (χ4v) is 4.86. The molecule has 2 aliphatic heterocycles. The molecule has 3 N–H and O–H groups in total. The molecule has 5 rings (SSSR count). The summed E-state index contributed by atoms with van der Waals surface area (Å²) in [7, 11) is 0. The van der Waals surface area contributed by atoms with Gasteiger partial charge in [0.15, 0.2) is 0 Å². The molecule has 2 aliphatic rings. The van der Waals surface area contributed by atoms with Crippen LogP contribution in [0.4, 0.5) is 5.95 Å². The summed E-state index contributed by atoms with van der Waals surface area (Å²) in [5.74, 6) is -0.0388. The summed E-state index contributed by atoms with van der Waals surface area (Å²) in [5, 5.41) is 15.9. The second-order valence-electron chi connectivity index (χ2n) is 9.46. The van der Waals surface area contributed by atoms with Crippen molar-refractivity contribution in [2.45, 2.75) is 45.0 Å². The van der Waals surface area contributed by atoms with Crippen LogP contribution >= 0.6 is 11.6 Å². The molecule has 2 amide bonds. The summed E-state index contributed by atoms with van der Waals surface area (Å²) in [4.78, 5) is 40.7. The summed E-state index contributed by atoms with van der Waals surface area (Å²) in [5.41, 5.74) is 3.76. The Morgan fingerprint density at radius 3 is 2.84 bits per heavy atom. The van der Waals surface area contributed by atoms with Crippen molar-refractivity contribution < 1.29 is 19.4 Å². The Labute approximate surface area is 225 Å². The predicted molar refractivity (Wildman–Crippen MR) is 141 cm³/mol. The molecular formula is C27H29ClN6O4. The maximum atomic E-state index is 13.2. The van der Waals surface area contributed by atoms with Crippen molar-refractivity contribution in [2.75, 3.05) is 25.1 Å². The molecule has 1 fully saturated rings. The summed E-state index contributed by atoms with van der Waals surface area (Å²) >= 11 is 6.44. The number of carbonyl (C=O) groups excluding carboxylic acids is 2. The van der Waals surface area contributed by atoms with E-state index in [1.807, 2.05) is 19.1 Å². The van der Waals surface area contributed by atoms with Crippen LogP contribution in [0, 0.1) is 0 Å². The minimum Gasteiger partial charge on any atom is -0.390 e. The highest BCUT2D eigenvalue weighted by Gasteiger charge is 2.30. The van der Waals surface area contributed by atoms with Crippen molar-refractivity contribution in [1.29, 1.82) is 0 Å². The first-order valence-electron chi connectivity index (χ1n) is 12.6. The van der Waals surface area contributed by atoms with Gasteiger partial charge in [-0.15, -0.1) is 0 Å². The molecule has 1 aromatic carbocycles. The van der Waals surface area contributed by atoms with Crippen LogP contribution in [0.5, 0.6) is 0 Å². The van der Waals surface area contributed by atoms with E-state index in [0.29, 0.717) is 58.9 Å². The summed E-state index contributed by atoms with van der Waals surface area (Å²) in [6.07, 6.45) is 3.31. The maximum absolute atomic E-state index is 13.2. The highest BCUT2D eigenvalue weighted by Crippen LogP contribution is 2.31. The van der Waals surface area contributed by atoms with Gasteiger partial charge >= 0.3 is 0 Å². The van der Waals surface area contributed by atoms with Crippen molar-refractivity contribution in [3.05, 3.63) is 70.1 Å². The third-order valence-corrected chi connectivity index (χ3v) is 6.98. The van der Waals surface area contributed by atoms with Gasteiger partial charge in [-0.25, -0.2) is 9.97 Å². The fourth-order valence-electron chi connectivity index (χ4n) is 4.66. The minimum absolute atomic E-state index is 0.0830.